The van der Waals surface area contributed by atoms with Crippen molar-refractivity contribution in [3.63, 3.8) is 0 Å². The fraction of sp³-hybridized carbons (Fsp3) is 0.476. The van der Waals surface area contributed by atoms with E-state index in [1.807, 2.05) is 6.20 Å². The number of nitrogens with one attached hydrogen (secondary N) is 1. The van der Waals surface area contributed by atoms with Crippen LogP contribution < -0.4 is 5.32 Å². The smallest absolute Gasteiger partial charge is 0.223 e. The van der Waals surface area contributed by atoms with Crippen LogP contribution in [0.4, 0.5) is 4.39 Å². The number of rotatable bonds is 7. The van der Waals surface area contributed by atoms with Crippen molar-refractivity contribution in [2.75, 3.05) is 13.6 Å². The second-order valence-electron chi connectivity index (χ2n) is 7.84. The minimum atomic E-state index is -0.300. The molecular formula is C21H27FN4O2. The average molecular weight is 386 g/mol. The number of nitrogens with zero attached hydrogens (tertiary/aromatic N) is 3. The Morgan fingerprint density at radius 3 is 2.71 bits per heavy atom. The molecule has 3 rings (SSSR count). The van der Waals surface area contributed by atoms with Crippen LogP contribution in [0.5, 0.6) is 0 Å². The van der Waals surface area contributed by atoms with Crippen molar-refractivity contribution >= 4 is 11.8 Å². The molecule has 0 bridgehead atoms. The van der Waals surface area contributed by atoms with Gasteiger partial charge in [-0.25, -0.2) is 9.07 Å². The lowest BCUT2D eigenvalue weighted by Gasteiger charge is -2.24. The zero-order valence-corrected chi connectivity index (χ0v) is 16.6. The van der Waals surface area contributed by atoms with Crippen molar-refractivity contribution in [3.05, 3.63) is 48.0 Å². The molecule has 1 aromatic carbocycles. The van der Waals surface area contributed by atoms with Crippen LogP contribution in [0.25, 0.3) is 5.69 Å². The maximum atomic E-state index is 13.1. The summed E-state index contributed by atoms with van der Waals surface area (Å²) < 4.78 is 14.8. The number of likely N-dealkylation sites (tertiary alicyclic amines) is 1. The second kappa shape index (κ2) is 8.54. The fourth-order valence-corrected chi connectivity index (χ4v) is 3.61. The Bertz CT molecular complexity index is 831. The number of benzene rings is 1. The number of hydrogen-bond donors (Lipinski definition) is 1. The molecule has 1 N–H and O–H groups in total. The van der Waals surface area contributed by atoms with Gasteiger partial charge in [0.05, 0.1) is 17.9 Å². The van der Waals surface area contributed by atoms with Crippen LogP contribution in [-0.2, 0) is 9.59 Å². The average Bonchev–Trinajstić information content (AvgIpc) is 3.24. The van der Waals surface area contributed by atoms with Gasteiger partial charge in [-0.1, -0.05) is 13.8 Å². The predicted molar refractivity (Wildman–Crippen MR) is 104 cm³/mol. The first-order valence-corrected chi connectivity index (χ1v) is 9.68. The summed E-state index contributed by atoms with van der Waals surface area (Å²) in [5.41, 5.74) is 1.65. The van der Waals surface area contributed by atoms with Crippen molar-refractivity contribution in [2.45, 2.75) is 39.2 Å². The minimum Gasteiger partial charge on any atom is -0.356 e. The monoisotopic (exact) mass is 386 g/mol. The van der Waals surface area contributed by atoms with Crippen molar-refractivity contribution in [3.8, 4) is 5.69 Å². The summed E-state index contributed by atoms with van der Waals surface area (Å²) in [5, 5.41) is 7.35. The topological polar surface area (TPSA) is 67.2 Å². The minimum absolute atomic E-state index is 0.00799. The highest BCUT2D eigenvalue weighted by molar-refractivity contribution is 5.80. The highest BCUT2D eigenvalue weighted by atomic mass is 19.1. The number of halogens is 1. The summed E-state index contributed by atoms with van der Waals surface area (Å²) in [6, 6.07) is 5.94. The van der Waals surface area contributed by atoms with Crippen molar-refractivity contribution in [1.82, 2.24) is 20.0 Å². The molecule has 7 heteroatoms. The predicted octanol–water partition coefficient (Wildman–Crippen LogP) is 3.08. The number of amides is 2. The van der Waals surface area contributed by atoms with Crippen LogP contribution in [-0.4, -0.2) is 40.1 Å². The van der Waals surface area contributed by atoms with Gasteiger partial charge in [-0.2, -0.15) is 5.10 Å². The van der Waals surface area contributed by atoms with Gasteiger partial charge in [0.2, 0.25) is 11.8 Å². The molecular weight excluding hydrogens is 359 g/mol. The summed E-state index contributed by atoms with van der Waals surface area (Å²) >= 11 is 0. The van der Waals surface area contributed by atoms with E-state index in [9.17, 15) is 14.0 Å². The Balaban J connectivity index is 1.70. The molecule has 1 aliphatic heterocycles. The quantitative estimate of drug-likeness (QED) is 0.795. The summed E-state index contributed by atoms with van der Waals surface area (Å²) in [4.78, 5) is 26.1. The highest BCUT2D eigenvalue weighted by Crippen LogP contribution is 2.36. The van der Waals surface area contributed by atoms with Crippen molar-refractivity contribution in [1.29, 1.82) is 0 Å². The maximum Gasteiger partial charge on any atom is 0.223 e. The van der Waals surface area contributed by atoms with E-state index in [0.717, 1.165) is 17.7 Å². The van der Waals surface area contributed by atoms with Gasteiger partial charge < -0.3 is 10.2 Å². The molecule has 28 heavy (non-hydrogen) atoms. The van der Waals surface area contributed by atoms with Gasteiger partial charge in [-0.15, -0.1) is 0 Å². The fourth-order valence-electron chi connectivity index (χ4n) is 3.61. The van der Waals surface area contributed by atoms with Crippen LogP contribution in [0.3, 0.4) is 0 Å². The Hall–Kier alpha value is -2.70. The molecule has 2 heterocycles. The summed E-state index contributed by atoms with van der Waals surface area (Å²) in [6.45, 7) is 4.64. The number of hydrogen-bond acceptors (Lipinski definition) is 3. The van der Waals surface area contributed by atoms with Crippen LogP contribution in [0, 0.1) is 17.7 Å². The molecule has 1 saturated heterocycles. The molecule has 0 radical (unpaired) electrons. The zero-order valence-electron chi connectivity index (χ0n) is 16.6. The van der Waals surface area contributed by atoms with Gasteiger partial charge in [0.1, 0.15) is 5.82 Å². The number of carbonyl (C=O) groups is 2. The van der Waals surface area contributed by atoms with Gasteiger partial charge in [0.25, 0.3) is 0 Å². The lowest BCUT2D eigenvalue weighted by Crippen LogP contribution is -2.32. The molecule has 150 valence electrons. The molecule has 0 unspecified atom stereocenters. The Kier molecular flexibility index (Phi) is 6.11. The molecule has 2 aromatic rings. The molecule has 1 fully saturated rings. The largest absolute Gasteiger partial charge is 0.356 e. The van der Waals surface area contributed by atoms with Gasteiger partial charge >= 0.3 is 0 Å². The Morgan fingerprint density at radius 1 is 1.32 bits per heavy atom. The molecule has 0 aliphatic carbocycles. The summed E-state index contributed by atoms with van der Waals surface area (Å²) in [6.07, 6.45) is 5.34. The van der Waals surface area contributed by atoms with E-state index in [2.05, 4.69) is 24.3 Å². The van der Waals surface area contributed by atoms with E-state index < -0.39 is 0 Å². The number of aromatic nitrogens is 2. The third-order valence-corrected chi connectivity index (χ3v) is 5.24. The number of carbonyl (C=O) groups excluding carboxylic acids is 2. The molecule has 0 spiro atoms. The SMILES string of the molecule is CC(C)CCC(=O)NC[C@@H]1CC(=O)N(C)[C@H]1c1cnn(-c2ccc(F)cc2)c1. The van der Waals surface area contributed by atoms with Crippen molar-refractivity contribution < 1.29 is 14.0 Å². The maximum absolute atomic E-state index is 13.1. The van der Waals surface area contributed by atoms with Crippen LogP contribution >= 0.6 is 0 Å². The van der Waals surface area contributed by atoms with Crippen LogP contribution in [0.15, 0.2) is 36.7 Å². The first kappa shape index (κ1) is 20.0. The van der Waals surface area contributed by atoms with E-state index in [-0.39, 0.29) is 29.6 Å². The van der Waals surface area contributed by atoms with Crippen molar-refractivity contribution in [2.24, 2.45) is 11.8 Å². The normalized spacial score (nSPS) is 19.5. The zero-order chi connectivity index (χ0) is 20.3. The Morgan fingerprint density at radius 2 is 2.04 bits per heavy atom. The van der Waals surface area contributed by atoms with E-state index >= 15 is 0 Å². The standard InChI is InChI=1S/C21H27FN4O2/c1-14(2)4-9-19(27)23-11-15-10-20(28)25(3)21(15)16-12-24-26(13-16)18-7-5-17(22)6-8-18/h5-8,12-15,21H,4,9-11H2,1-3H3,(H,23,27)/t15-,21+/m0/s1. The van der Waals surface area contributed by atoms with Crippen LogP contribution in [0.2, 0.25) is 0 Å². The lowest BCUT2D eigenvalue weighted by molar-refractivity contribution is -0.127. The highest BCUT2D eigenvalue weighted by Gasteiger charge is 2.39. The molecule has 2 amide bonds. The first-order chi connectivity index (χ1) is 13.3. The van der Waals surface area contributed by atoms with E-state index in [1.54, 1.807) is 35.0 Å². The van der Waals surface area contributed by atoms with E-state index in [1.165, 1.54) is 12.1 Å². The molecule has 6 nitrogen and oxygen atoms in total. The van der Waals surface area contributed by atoms with E-state index in [0.29, 0.717) is 25.3 Å². The molecule has 0 saturated carbocycles. The van der Waals surface area contributed by atoms with Gasteiger partial charge in [-0.05, 0) is 36.6 Å². The van der Waals surface area contributed by atoms with E-state index in [4.69, 9.17) is 0 Å². The first-order valence-electron chi connectivity index (χ1n) is 9.68. The molecule has 1 aromatic heterocycles. The molecule has 1 aliphatic rings. The molecule has 2 atom stereocenters. The lowest BCUT2D eigenvalue weighted by atomic mass is 9.95. The Labute approximate surface area is 164 Å². The second-order valence-corrected chi connectivity index (χ2v) is 7.84. The van der Waals surface area contributed by atoms with Gasteiger partial charge in [-0.3, -0.25) is 9.59 Å². The summed E-state index contributed by atoms with van der Waals surface area (Å²) in [7, 11) is 1.78. The third-order valence-electron chi connectivity index (χ3n) is 5.24. The summed E-state index contributed by atoms with van der Waals surface area (Å²) in [5.74, 6) is 0.254. The van der Waals surface area contributed by atoms with Crippen LogP contribution in [0.1, 0.15) is 44.7 Å². The van der Waals surface area contributed by atoms with Gasteiger partial charge in [0, 0.05) is 44.1 Å². The third kappa shape index (κ3) is 4.58. The van der Waals surface area contributed by atoms with Gasteiger partial charge in [0.15, 0.2) is 0 Å².